The van der Waals surface area contributed by atoms with Crippen LogP contribution in [0.4, 0.5) is 0 Å². The first-order valence-corrected chi connectivity index (χ1v) is 6.62. The first kappa shape index (κ1) is 14.3. The number of ether oxygens (including phenoxy) is 1. The van der Waals surface area contributed by atoms with Gasteiger partial charge < -0.3 is 10.1 Å². The molecule has 0 bridgehead atoms. The second-order valence-corrected chi connectivity index (χ2v) is 4.70. The summed E-state index contributed by atoms with van der Waals surface area (Å²) in [6.45, 7) is 2.18. The molecule has 0 saturated carbocycles. The van der Waals surface area contributed by atoms with E-state index in [9.17, 15) is 4.79 Å². The number of esters is 1. The number of thioether (sulfide) groups is 1. The summed E-state index contributed by atoms with van der Waals surface area (Å²) in [5, 5.41) is 4.35. The minimum absolute atomic E-state index is 0.239. The van der Waals surface area contributed by atoms with Gasteiger partial charge in [-0.1, -0.05) is 11.6 Å². The monoisotopic (exact) mass is 274 g/mol. The highest BCUT2D eigenvalue weighted by atomic mass is 35.5. The van der Waals surface area contributed by atoms with Gasteiger partial charge in [-0.25, -0.2) is 4.98 Å². The first-order chi connectivity index (χ1) is 8.17. The molecule has 0 radical (unpaired) electrons. The molecule has 0 fully saturated rings. The van der Waals surface area contributed by atoms with Crippen LogP contribution in [0.1, 0.15) is 6.92 Å². The molecule has 1 N–H and O–H groups in total. The van der Waals surface area contributed by atoms with Crippen LogP contribution in [0.3, 0.4) is 0 Å². The maximum atomic E-state index is 11.5. The average molecular weight is 275 g/mol. The second-order valence-electron chi connectivity index (χ2n) is 3.22. The largest absolute Gasteiger partial charge is 0.465 e. The predicted octanol–water partition coefficient (Wildman–Crippen LogP) is 1.98. The Morgan fingerprint density at radius 3 is 2.94 bits per heavy atom. The van der Waals surface area contributed by atoms with Gasteiger partial charge in [-0.2, -0.15) is 0 Å². The zero-order valence-electron chi connectivity index (χ0n) is 9.77. The van der Waals surface area contributed by atoms with Gasteiger partial charge in [-0.15, -0.1) is 11.8 Å². The molecular weight excluding hydrogens is 260 g/mol. The van der Waals surface area contributed by atoms with E-state index in [1.807, 2.05) is 6.07 Å². The summed E-state index contributed by atoms with van der Waals surface area (Å²) < 4.78 is 4.95. The van der Waals surface area contributed by atoms with Gasteiger partial charge in [0.1, 0.15) is 6.04 Å². The van der Waals surface area contributed by atoms with E-state index in [0.717, 1.165) is 5.03 Å². The fourth-order valence-corrected chi connectivity index (χ4v) is 2.17. The lowest BCUT2D eigenvalue weighted by molar-refractivity contribution is -0.144. The van der Waals surface area contributed by atoms with Crippen molar-refractivity contribution >= 4 is 29.3 Å². The molecule has 0 aliphatic heterocycles. The average Bonchev–Trinajstić information content (AvgIpc) is 2.32. The zero-order chi connectivity index (χ0) is 12.7. The fraction of sp³-hybridized carbons (Fsp3) is 0.455. The molecule has 94 valence electrons. The molecule has 0 spiro atoms. The lowest BCUT2D eigenvalue weighted by Crippen LogP contribution is -2.37. The number of carbonyl (C=O) groups is 1. The molecule has 0 aromatic carbocycles. The Balaban J connectivity index is 2.47. The van der Waals surface area contributed by atoms with Crippen molar-refractivity contribution in [3.8, 4) is 0 Å². The highest BCUT2D eigenvalue weighted by molar-refractivity contribution is 7.99. The topological polar surface area (TPSA) is 51.2 Å². The van der Waals surface area contributed by atoms with Gasteiger partial charge in [0, 0.05) is 11.9 Å². The minimum Gasteiger partial charge on any atom is -0.465 e. The van der Waals surface area contributed by atoms with Gasteiger partial charge in [0.05, 0.1) is 16.7 Å². The molecule has 1 aromatic heterocycles. The Morgan fingerprint density at radius 2 is 2.41 bits per heavy atom. The highest BCUT2D eigenvalue weighted by Crippen LogP contribution is 2.18. The third-order valence-corrected chi connectivity index (χ3v) is 3.28. The Morgan fingerprint density at radius 1 is 1.65 bits per heavy atom. The Hall–Kier alpha value is -0.780. The number of hydrogen-bond acceptors (Lipinski definition) is 5. The van der Waals surface area contributed by atoms with E-state index in [2.05, 4.69) is 10.3 Å². The highest BCUT2D eigenvalue weighted by Gasteiger charge is 2.17. The molecule has 1 aromatic rings. The van der Waals surface area contributed by atoms with Gasteiger partial charge in [0.25, 0.3) is 0 Å². The third-order valence-electron chi connectivity index (χ3n) is 2.02. The fourth-order valence-electron chi connectivity index (χ4n) is 1.13. The van der Waals surface area contributed by atoms with Crippen LogP contribution in [0.15, 0.2) is 23.4 Å². The molecular formula is C11H15ClN2O2S. The van der Waals surface area contributed by atoms with Crippen LogP contribution in [0.5, 0.6) is 0 Å². The minimum atomic E-state index is -0.322. The molecule has 1 rings (SSSR count). The Bertz CT molecular complexity index is 359. The van der Waals surface area contributed by atoms with Crippen molar-refractivity contribution in [2.24, 2.45) is 0 Å². The van der Waals surface area contributed by atoms with Crippen molar-refractivity contribution in [1.82, 2.24) is 10.3 Å². The van der Waals surface area contributed by atoms with E-state index < -0.39 is 0 Å². The van der Waals surface area contributed by atoms with E-state index >= 15 is 0 Å². The number of nitrogens with zero attached hydrogens (tertiary/aromatic N) is 1. The lowest BCUT2D eigenvalue weighted by Gasteiger charge is -2.13. The van der Waals surface area contributed by atoms with E-state index in [-0.39, 0.29) is 12.0 Å². The van der Waals surface area contributed by atoms with Crippen LogP contribution in [0.25, 0.3) is 0 Å². The summed E-state index contributed by atoms with van der Waals surface area (Å²) >= 11 is 7.22. The molecule has 0 saturated heterocycles. The molecule has 1 heterocycles. The van der Waals surface area contributed by atoms with Gasteiger partial charge >= 0.3 is 5.97 Å². The molecule has 17 heavy (non-hydrogen) atoms. The van der Waals surface area contributed by atoms with Crippen molar-refractivity contribution in [2.75, 3.05) is 19.4 Å². The number of nitrogens with one attached hydrogen (secondary N) is 1. The summed E-state index contributed by atoms with van der Waals surface area (Å²) in [7, 11) is 1.73. The van der Waals surface area contributed by atoms with Gasteiger partial charge in [0.2, 0.25) is 0 Å². The first-order valence-electron chi connectivity index (χ1n) is 5.25. The molecule has 0 aliphatic carbocycles. The van der Waals surface area contributed by atoms with Crippen molar-refractivity contribution < 1.29 is 9.53 Å². The van der Waals surface area contributed by atoms with Crippen LogP contribution in [-0.4, -0.2) is 36.4 Å². The zero-order valence-corrected chi connectivity index (χ0v) is 11.3. The summed E-state index contributed by atoms with van der Waals surface area (Å²) in [6, 6.07) is 3.28. The molecule has 0 amide bonds. The number of hydrogen-bond donors (Lipinski definition) is 1. The molecule has 1 atom stereocenters. The molecule has 0 aliphatic rings. The normalized spacial score (nSPS) is 12.2. The van der Waals surface area contributed by atoms with Crippen molar-refractivity contribution in [3.05, 3.63) is 23.4 Å². The Labute approximate surface area is 110 Å². The molecule has 1 unspecified atom stereocenters. The standard InChI is InChI=1S/C11H15ClN2O2S/c1-3-16-11(15)9(13-2)7-17-10-5-4-8(12)6-14-10/h4-6,9,13H,3,7H2,1-2H3. The number of likely N-dealkylation sites (N-methyl/N-ethyl adjacent to an activating group) is 1. The van der Waals surface area contributed by atoms with Gasteiger partial charge in [-0.05, 0) is 26.1 Å². The van der Waals surface area contributed by atoms with Crippen LogP contribution < -0.4 is 5.32 Å². The predicted molar refractivity (Wildman–Crippen MR) is 69.5 cm³/mol. The van der Waals surface area contributed by atoms with E-state index in [4.69, 9.17) is 16.3 Å². The van der Waals surface area contributed by atoms with Crippen LogP contribution >= 0.6 is 23.4 Å². The van der Waals surface area contributed by atoms with E-state index in [1.165, 1.54) is 11.8 Å². The number of rotatable bonds is 6. The summed E-state index contributed by atoms with van der Waals surface area (Å²) in [6.07, 6.45) is 1.59. The second kappa shape index (κ2) is 7.53. The number of aromatic nitrogens is 1. The quantitative estimate of drug-likeness (QED) is 0.635. The van der Waals surface area contributed by atoms with Crippen LogP contribution in [0.2, 0.25) is 5.02 Å². The summed E-state index contributed by atoms with van der Waals surface area (Å²) in [5.41, 5.74) is 0. The van der Waals surface area contributed by atoms with E-state index in [0.29, 0.717) is 17.4 Å². The summed E-state index contributed by atoms with van der Waals surface area (Å²) in [4.78, 5) is 15.7. The van der Waals surface area contributed by atoms with E-state index in [1.54, 1.807) is 26.2 Å². The number of pyridine rings is 1. The lowest BCUT2D eigenvalue weighted by atomic mass is 10.3. The van der Waals surface area contributed by atoms with Gasteiger partial charge in [-0.3, -0.25) is 4.79 Å². The maximum Gasteiger partial charge on any atom is 0.323 e. The Kier molecular flexibility index (Phi) is 6.32. The molecule has 4 nitrogen and oxygen atoms in total. The molecule has 6 heteroatoms. The van der Waals surface area contributed by atoms with Crippen LogP contribution in [-0.2, 0) is 9.53 Å². The number of carbonyl (C=O) groups excluding carboxylic acids is 1. The van der Waals surface area contributed by atoms with Crippen molar-refractivity contribution in [1.29, 1.82) is 0 Å². The summed E-state index contributed by atoms with van der Waals surface area (Å²) in [5.74, 6) is 0.334. The number of halogens is 1. The van der Waals surface area contributed by atoms with Crippen molar-refractivity contribution in [3.63, 3.8) is 0 Å². The smallest absolute Gasteiger partial charge is 0.323 e. The van der Waals surface area contributed by atoms with Crippen LogP contribution in [0, 0.1) is 0 Å². The van der Waals surface area contributed by atoms with Gasteiger partial charge in [0.15, 0.2) is 0 Å². The maximum absolute atomic E-state index is 11.5. The van der Waals surface area contributed by atoms with Crippen molar-refractivity contribution in [2.45, 2.75) is 18.0 Å². The third kappa shape index (κ3) is 4.93. The SMILES string of the molecule is CCOC(=O)C(CSc1ccc(Cl)cn1)NC.